The van der Waals surface area contributed by atoms with Crippen LogP contribution in [0.5, 0.6) is 5.75 Å². The van der Waals surface area contributed by atoms with Crippen LogP contribution in [-0.2, 0) is 0 Å². The SMILES string of the molecule is Cc1cccc(OCC(O)CNC(=O)c2ccccc2F)c1. The molecule has 0 aliphatic rings. The number of carbonyl (C=O) groups excluding carboxylic acids is 1. The Bertz CT molecular complexity index is 645. The fourth-order valence-corrected chi connectivity index (χ4v) is 1.91. The molecule has 0 aliphatic carbocycles. The third-order valence-electron chi connectivity index (χ3n) is 3.05. The minimum absolute atomic E-state index is 0.0149. The molecule has 116 valence electrons. The van der Waals surface area contributed by atoms with E-state index >= 15 is 0 Å². The van der Waals surface area contributed by atoms with Crippen molar-refractivity contribution in [2.45, 2.75) is 13.0 Å². The Balaban J connectivity index is 1.79. The standard InChI is InChI=1S/C17H18FNO3/c1-12-5-4-6-14(9-12)22-11-13(20)10-19-17(21)15-7-2-3-8-16(15)18/h2-9,13,20H,10-11H2,1H3,(H,19,21). The maximum atomic E-state index is 13.4. The van der Waals surface area contributed by atoms with Crippen LogP contribution in [0.4, 0.5) is 4.39 Å². The average molecular weight is 303 g/mol. The van der Waals surface area contributed by atoms with E-state index in [4.69, 9.17) is 4.74 Å². The van der Waals surface area contributed by atoms with Crippen LogP contribution in [0.15, 0.2) is 48.5 Å². The van der Waals surface area contributed by atoms with E-state index in [1.807, 2.05) is 25.1 Å². The summed E-state index contributed by atoms with van der Waals surface area (Å²) in [5, 5.41) is 12.3. The zero-order valence-corrected chi connectivity index (χ0v) is 12.3. The van der Waals surface area contributed by atoms with Crippen LogP contribution in [-0.4, -0.2) is 30.3 Å². The molecule has 5 heteroatoms. The average Bonchev–Trinajstić information content (AvgIpc) is 2.51. The second-order valence-electron chi connectivity index (χ2n) is 4.97. The van der Waals surface area contributed by atoms with E-state index in [0.717, 1.165) is 5.56 Å². The fraction of sp³-hybridized carbons (Fsp3) is 0.235. The molecule has 0 aromatic heterocycles. The first-order valence-corrected chi connectivity index (χ1v) is 6.96. The molecule has 0 heterocycles. The topological polar surface area (TPSA) is 58.6 Å². The molecule has 1 amide bonds. The molecule has 0 radical (unpaired) electrons. The molecular formula is C17H18FNO3. The number of amides is 1. The molecule has 2 aromatic carbocycles. The number of aliphatic hydroxyl groups excluding tert-OH is 1. The van der Waals surface area contributed by atoms with Gasteiger partial charge in [0.05, 0.1) is 5.56 Å². The first-order chi connectivity index (χ1) is 10.6. The molecule has 0 fully saturated rings. The molecule has 22 heavy (non-hydrogen) atoms. The Kier molecular flexibility index (Phi) is 5.49. The summed E-state index contributed by atoms with van der Waals surface area (Å²) in [5.41, 5.74) is 1.01. The summed E-state index contributed by atoms with van der Waals surface area (Å²) in [7, 11) is 0. The number of carbonyl (C=O) groups is 1. The number of ether oxygens (including phenoxy) is 1. The summed E-state index contributed by atoms with van der Waals surface area (Å²) in [4.78, 5) is 11.8. The van der Waals surface area contributed by atoms with Crippen LogP contribution in [0.2, 0.25) is 0 Å². The molecule has 0 saturated heterocycles. The Labute approximate surface area is 128 Å². The van der Waals surface area contributed by atoms with Gasteiger partial charge in [-0.2, -0.15) is 0 Å². The monoisotopic (exact) mass is 303 g/mol. The third kappa shape index (κ3) is 4.56. The Morgan fingerprint density at radius 1 is 1.27 bits per heavy atom. The molecule has 2 N–H and O–H groups in total. The zero-order chi connectivity index (χ0) is 15.9. The maximum absolute atomic E-state index is 13.4. The number of benzene rings is 2. The molecule has 4 nitrogen and oxygen atoms in total. The van der Waals surface area contributed by atoms with Crippen LogP contribution < -0.4 is 10.1 Å². The third-order valence-corrected chi connectivity index (χ3v) is 3.05. The van der Waals surface area contributed by atoms with Gasteiger partial charge in [0, 0.05) is 6.54 Å². The fourth-order valence-electron chi connectivity index (χ4n) is 1.91. The van der Waals surface area contributed by atoms with Gasteiger partial charge in [0.2, 0.25) is 0 Å². The van der Waals surface area contributed by atoms with E-state index in [9.17, 15) is 14.3 Å². The Morgan fingerprint density at radius 3 is 2.77 bits per heavy atom. The molecular weight excluding hydrogens is 285 g/mol. The Morgan fingerprint density at radius 2 is 2.05 bits per heavy atom. The molecule has 0 spiro atoms. The number of rotatable bonds is 6. The summed E-state index contributed by atoms with van der Waals surface area (Å²) in [6.07, 6.45) is -0.878. The van der Waals surface area contributed by atoms with E-state index in [1.165, 1.54) is 18.2 Å². The smallest absolute Gasteiger partial charge is 0.254 e. The summed E-state index contributed by atoms with van der Waals surface area (Å²) >= 11 is 0. The van der Waals surface area contributed by atoms with Gasteiger partial charge in [0.15, 0.2) is 0 Å². The molecule has 2 rings (SSSR count). The molecule has 2 aromatic rings. The number of nitrogens with one attached hydrogen (secondary N) is 1. The molecule has 1 atom stereocenters. The van der Waals surface area contributed by atoms with Gasteiger partial charge in [-0.25, -0.2) is 4.39 Å². The quantitative estimate of drug-likeness (QED) is 0.861. The predicted octanol–water partition coefficient (Wildman–Crippen LogP) is 2.30. The lowest BCUT2D eigenvalue weighted by atomic mass is 10.2. The minimum Gasteiger partial charge on any atom is -0.491 e. The molecule has 0 saturated carbocycles. The van der Waals surface area contributed by atoms with E-state index in [1.54, 1.807) is 12.1 Å². The van der Waals surface area contributed by atoms with Crippen molar-refractivity contribution in [3.05, 3.63) is 65.5 Å². The number of hydrogen-bond donors (Lipinski definition) is 2. The van der Waals surface area contributed by atoms with Crippen LogP contribution in [0.25, 0.3) is 0 Å². The van der Waals surface area contributed by atoms with Gasteiger partial charge in [0.1, 0.15) is 24.3 Å². The number of aliphatic hydroxyl groups is 1. The van der Waals surface area contributed by atoms with Crippen molar-refractivity contribution in [2.75, 3.05) is 13.2 Å². The second-order valence-corrected chi connectivity index (χ2v) is 4.97. The highest BCUT2D eigenvalue weighted by atomic mass is 19.1. The van der Waals surface area contributed by atoms with E-state index in [0.29, 0.717) is 5.75 Å². The summed E-state index contributed by atoms with van der Waals surface area (Å²) in [6.45, 7) is 1.97. The van der Waals surface area contributed by atoms with Crippen LogP contribution in [0.1, 0.15) is 15.9 Å². The van der Waals surface area contributed by atoms with E-state index < -0.39 is 17.8 Å². The van der Waals surface area contributed by atoms with Crippen LogP contribution >= 0.6 is 0 Å². The van der Waals surface area contributed by atoms with E-state index in [2.05, 4.69) is 5.32 Å². The molecule has 0 aliphatic heterocycles. The van der Waals surface area contributed by atoms with Crippen molar-refractivity contribution in [1.82, 2.24) is 5.32 Å². The Hall–Kier alpha value is -2.40. The van der Waals surface area contributed by atoms with Gasteiger partial charge >= 0.3 is 0 Å². The lowest BCUT2D eigenvalue weighted by molar-refractivity contribution is 0.0840. The van der Waals surface area contributed by atoms with Crippen LogP contribution in [0.3, 0.4) is 0 Å². The predicted molar refractivity (Wildman–Crippen MR) is 81.4 cm³/mol. The summed E-state index contributed by atoms with van der Waals surface area (Å²) in [6, 6.07) is 13.1. The van der Waals surface area contributed by atoms with Gasteiger partial charge in [-0.3, -0.25) is 4.79 Å². The number of halogens is 1. The van der Waals surface area contributed by atoms with Crippen molar-refractivity contribution in [3.8, 4) is 5.75 Å². The maximum Gasteiger partial charge on any atom is 0.254 e. The van der Waals surface area contributed by atoms with Gasteiger partial charge in [0.25, 0.3) is 5.91 Å². The molecule has 1 unspecified atom stereocenters. The molecule has 0 bridgehead atoms. The lowest BCUT2D eigenvalue weighted by Gasteiger charge is -2.13. The van der Waals surface area contributed by atoms with Crippen molar-refractivity contribution in [1.29, 1.82) is 0 Å². The van der Waals surface area contributed by atoms with Crippen molar-refractivity contribution in [3.63, 3.8) is 0 Å². The highest BCUT2D eigenvalue weighted by molar-refractivity contribution is 5.94. The lowest BCUT2D eigenvalue weighted by Crippen LogP contribution is -2.35. The van der Waals surface area contributed by atoms with Gasteiger partial charge < -0.3 is 15.2 Å². The van der Waals surface area contributed by atoms with Crippen LogP contribution in [0, 0.1) is 12.7 Å². The largest absolute Gasteiger partial charge is 0.491 e. The first-order valence-electron chi connectivity index (χ1n) is 6.96. The zero-order valence-electron chi connectivity index (χ0n) is 12.3. The normalized spacial score (nSPS) is 11.8. The highest BCUT2D eigenvalue weighted by Crippen LogP contribution is 2.12. The number of aryl methyl sites for hydroxylation is 1. The first kappa shape index (κ1) is 16.0. The van der Waals surface area contributed by atoms with Gasteiger partial charge in [-0.1, -0.05) is 24.3 Å². The summed E-state index contributed by atoms with van der Waals surface area (Å²) < 4.78 is 18.9. The van der Waals surface area contributed by atoms with Gasteiger partial charge in [-0.05, 0) is 36.8 Å². The van der Waals surface area contributed by atoms with Crippen molar-refractivity contribution < 1.29 is 19.0 Å². The minimum atomic E-state index is -0.878. The van der Waals surface area contributed by atoms with Gasteiger partial charge in [-0.15, -0.1) is 0 Å². The number of hydrogen-bond acceptors (Lipinski definition) is 3. The second kappa shape index (κ2) is 7.56. The van der Waals surface area contributed by atoms with Crippen molar-refractivity contribution >= 4 is 5.91 Å². The van der Waals surface area contributed by atoms with Crippen molar-refractivity contribution in [2.24, 2.45) is 0 Å². The van der Waals surface area contributed by atoms with E-state index in [-0.39, 0.29) is 18.7 Å². The summed E-state index contributed by atoms with van der Waals surface area (Å²) in [5.74, 6) is -0.502. The highest BCUT2D eigenvalue weighted by Gasteiger charge is 2.12.